The van der Waals surface area contributed by atoms with Crippen LogP contribution in [0.3, 0.4) is 0 Å². The number of nitrogens with one attached hydrogen (secondary N) is 2. The Labute approximate surface area is 229 Å². The highest BCUT2D eigenvalue weighted by Crippen LogP contribution is 2.39. The van der Waals surface area contributed by atoms with Gasteiger partial charge in [-0.15, -0.1) is 0 Å². The van der Waals surface area contributed by atoms with E-state index in [1.165, 1.54) is 56.5 Å². The van der Waals surface area contributed by atoms with Gasteiger partial charge < -0.3 is 19.6 Å². The largest absolute Gasteiger partial charge is 0.493 e. The van der Waals surface area contributed by atoms with Gasteiger partial charge in [-0.05, 0) is 72.7 Å². The van der Waals surface area contributed by atoms with Crippen LogP contribution in [-0.2, 0) is 19.7 Å². The molecule has 3 rings (SSSR count). The molecule has 2 N–H and O–H groups in total. The number of ether oxygens (including phenoxy) is 1. The first-order valence-corrected chi connectivity index (χ1v) is 13.0. The van der Waals surface area contributed by atoms with Gasteiger partial charge in [-0.25, -0.2) is 0 Å². The molecule has 12 heteroatoms. The van der Waals surface area contributed by atoms with E-state index >= 15 is 0 Å². The summed E-state index contributed by atoms with van der Waals surface area (Å²) in [5.41, 5.74) is 1.63. The predicted molar refractivity (Wildman–Crippen MR) is 145 cm³/mol. The molecule has 0 atom stereocenters. The molecule has 0 aromatic heterocycles. The molecule has 9 nitrogen and oxygen atoms in total. The van der Waals surface area contributed by atoms with E-state index in [1.807, 2.05) is 6.07 Å². The van der Waals surface area contributed by atoms with Crippen molar-refractivity contribution in [3.05, 3.63) is 81.3 Å². The summed E-state index contributed by atoms with van der Waals surface area (Å²) in [6, 6.07) is 14.8. The van der Waals surface area contributed by atoms with Gasteiger partial charge in [0.05, 0.1) is 12.1 Å². The molecule has 0 saturated carbocycles. The molecule has 0 aliphatic heterocycles. The monoisotopic (exact) mass is 573 g/mol. The number of carbonyl (C=O) groups excluding carboxylic acids is 2. The van der Waals surface area contributed by atoms with Crippen molar-refractivity contribution in [2.45, 2.75) is 18.7 Å². The minimum atomic E-state index is -4.33. The lowest BCUT2D eigenvalue weighted by atomic mass is 10.1. The Hall–Kier alpha value is -4.04. The molecule has 0 fully saturated rings. The van der Waals surface area contributed by atoms with Gasteiger partial charge >= 0.3 is 10.1 Å². The van der Waals surface area contributed by atoms with Crippen LogP contribution >= 0.6 is 23.2 Å². The van der Waals surface area contributed by atoms with Gasteiger partial charge in [-0.2, -0.15) is 13.7 Å². The van der Waals surface area contributed by atoms with Gasteiger partial charge in [0.1, 0.15) is 16.5 Å². The first kappa shape index (κ1) is 28.5. The minimum absolute atomic E-state index is 0.0504. The number of nitrogens with zero attached hydrogens (tertiary/aromatic N) is 1. The number of amides is 2. The molecule has 0 radical (unpaired) electrons. The van der Waals surface area contributed by atoms with E-state index in [4.69, 9.17) is 32.1 Å². The summed E-state index contributed by atoms with van der Waals surface area (Å²) >= 11 is 12.3. The van der Waals surface area contributed by atoms with Crippen molar-refractivity contribution < 1.29 is 26.9 Å². The van der Waals surface area contributed by atoms with Crippen LogP contribution < -0.4 is 19.6 Å². The zero-order valence-electron chi connectivity index (χ0n) is 20.3. The number of carbonyl (C=O) groups is 2. The summed E-state index contributed by atoms with van der Waals surface area (Å²) in [6.07, 6.45) is 1.27. The van der Waals surface area contributed by atoms with Crippen LogP contribution in [-0.4, -0.2) is 27.3 Å². The van der Waals surface area contributed by atoms with E-state index in [2.05, 4.69) is 10.6 Å². The highest BCUT2D eigenvalue weighted by Gasteiger charge is 2.23. The van der Waals surface area contributed by atoms with Gasteiger partial charge in [-0.1, -0.05) is 29.3 Å². The summed E-state index contributed by atoms with van der Waals surface area (Å²) in [4.78, 5) is 23.7. The maximum absolute atomic E-state index is 12.8. The van der Waals surface area contributed by atoms with Gasteiger partial charge in [0, 0.05) is 23.3 Å². The zero-order valence-corrected chi connectivity index (χ0v) is 22.7. The molecule has 3 aromatic carbocycles. The minimum Gasteiger partial charge on any atom is -0.493 e. The van der Waals surface area contributed by atoms with Crippen molar-refractivity contribution >= 4 is 62.6 Å². The number of hydrogen-bond donors (Lipinski definition) is 2. The molecule has 2 amide bonds. The Morgan fingerprint density at radius 1 is 1.03 bits per heavy atom. The third kappa shape index (κ3) is 7.04. The van der Waals surface area contributed by atoms with Crippen LogP contribution in [0.1, 0.15) is 18.1 Å². The Balaban J connectivity index is 1.89. The Bertz CT molecular complexity index is 1580. The summed E-state index contributed by atoms with van der Waals surface area (Å²) < 4.78 is 36.2. The third-order valence-electron chi connectivity index (χ3n) is 5.03. The first-order valence-electron chi connectivity index (χ1n) is 10.8. The summed E-state index contributed by atoms with van der Waals surface area (Å²) in [7, 11) is -3.05. The number of aryl methyl sites for hydroxylation is 1. The lowest BCUT2D eigenvalue weighted by Crippen LogP contribution is -2.14. The lowest BCUT2D eigenvalue weighted by Gasteiger charge is -2.14. The van der Waals surface area contributed by atoms with Crippen molar-refractivity contribution in [2.75, 3.05) is 17.7 Å². The molecule has 196 valence electrons. The predicted octanol–water partition coefficient (Wildman–Crippen LogP) is 5.58. The number of rotatable bonds is 8. The molecular formula is C26H21Cl2N3O6S. The van der Waals surface area contributed by atoms with Crippen molar-refractivity contribution in [1.29, 1.82) is 5.26 Å². The summed E-state index contributed by atoms with van der Waals surface area (Å²) in [5.74, 6) is -1.32. The first-order chi connectivity index (χ1) is 17.9. The van der Waals surface area contributed by atoms with E-state index in [0.29, 0.717) is 16.4 Å². The number of nitriles is 1. The second kappa shape index (κ2) is 12.0. The van der Waals surface area contributed by atoms with Crippen molar-refractivity contribution in [3.63, 3.8) is 0 Å². The highest BCUT2D eigenvalue weighted by molar-refractivity contribution is 7.87. The molecule has 3 aromatic rings. The quantitative estimate of drug-likeness (QED) is 0.204. The van der Waals surface area contributed by atoms with E-state index < -0.39 is 16.0 Å². The van der Waals surface area contributed by atoms with Crippen molar-refractivity contribution in [2.24, 2.45) is 0 Å². The number of methoxy groups -OCH3 is 1. The molecule has 0 bridgehead atoms. The Kier molecular flexibility index (Phi) is 9.01. The van der Waals surface area contributed by atoms with Crippen LogP contribution in [0.2, 0.25) is 10.0 Å². The van der Waals surface area contributed by atoms with Crippen LogP contribution in [0.25, 0.3) is 6.08 Å². The molecular weight excluding hydrogens is 553 g/mol. The number of benzene rings is 3. The Morgan fingerprint density at radius 3 is 2.32 bits per heavy atom. The number of halogens is 2. The fourth-order valence-corrected chi connectivity index (χ4v) is 4.64. The molecule has 0 aliphatic rings. The molecule has 0 unspecified atom stereocenters. The third-order valence-corrected chi connectivity index (χ3v) is 6.78. The number of hydrogen-bond acceptors (Lipinski definition) is 7. The second-order valence-electron chi connectivity index (χ2n) is 7.86. The smallest absolute Gasteiger partial charge is 0.339 e. The van der Waals surface area contributed by atoms with E-state index in [-0.39, 0.29) is 38.5 Å². The fourth-order valence-electron chi connectivity index (χ4n) is 3.20. The average molecular weight is 574 g/mol. The molecule has 0 saturated heterocycles. The SMILES string of the molecule is COc1cc(/C=C(\C#N)C(=O)Nc2cc(Cl)ccc2C)cc(Cl)c1OS(=O)(=O)c1ccc(NC(C)=O)cc1. The zero-order chi connectivity index (χ0) is 28.0. The topological polar surface area (TPSA) is 135 Å². The van der Waals surface area contributed by atoms with Gasteiger partial charge in [-0.3, -0.25) is 9.59 Å². The molecule has 38 heavy (non-hydrogen) atoms. The van der Waals surface area contributed by atoms with Crippen LogP contribution in [0, 0.1) is 18.3 Å². The Morgan fingerprint density at radius 2 is 1.71 bits per heavy atom. The highest BCUT2D eigenvalue weighted by atomic mass is 35.5. The standard InChI is InChI=1S/C26H21Cl2N3O6S/c1-15-4-5-19(27)13-23(15)31-26(33)18(14-29)10-17-11-22(28)25(24(12-17)36-3)37-38(34,35)21-8-6-20(7-9-21)30-16(2)32/h4-13H,1-3H3,(H,30,32)(H,31,33)/b18-10+. The van der Waals surface area contributed by atoms with Gasteiger partial charge in [0.2, 0.25) is 11.7 Å². The van der Waals surface area contributed by atoms with Crippen LogP contribution in [0.15, 0.2) is 65.1 Å². The molecule has 0 aliphatic carbocycles. The van der Waals surface area contributed by atoms with Crippen molar-refractivity contribution in [3.8, 4) is 17.6 Å². The maximum Gasteiger partial charge on any atom is 0.339 e. The van der Waals surface area contributed by atoms with E-state index in [9.17, 15) is 23.3 Å². The van der Waals surface area contributed by atoms with Crippen LogP contribution in [0.4, 0.5) is 11.4 Å². The normalized spacial score (nSPS) is 11.3. The fraction of sp³-hybridized carbons (Fsp3) is 0.115. The molecule has 0 spiro atoms. The van der Waals surface area contributed by atoms with Crippen LogP contribution in [0.5, 0.6) is 11.5 Å². The van der Waals surface area contributed by atoms with E-state index in [0.717, 1.165) is 5.56 Å². The second-order valence-corrected chi connectivity index (χ2v) is 10.3. The lowest BCUT2D eigenvalue weighted by molar-refractivity contribution is -0.114. The number of anilines is 2. The molecule has 0 heterocycles. The van der Waals surface area contributed by atoms with Gasteiger partial charge in [0.15, 0.2) is 5.75 Å². The van der Waals surface area contributed by atoms with Gasteiger partial charge in [0.25, 0.3) is 5.91 Å². The average Bonchev–Trinajstić information content (AvgIpc) is 2.86. The summed E-state index contributed by atoms with van der Waals surface area (Å²) in [5, 5.41) is 15.0. The summed E-state index contributed by atoms with van der Waals surface area (Å²) in [6.45, 7) is 3.10. The van der Waals surface area contributed by atoms with E-state index in [1.54, 1.807) is 25.1 Å². The van der Waals surface area contributed by atoms with Crippen molar-refractivity contribution in [1.82, 2.24) is 0 Å². The maximum atomic E-state index is 12.8.